The molecule has 0 heterocycles. The minimum Gasteiger partial charge on any atom is -0.381 e. The van der Waals surface area contributed by atoms with Gasteiger partial charge in [-0.25, -0.2) is 0 Å². The van der Waals surface area contributed by atoms with Crippen LogP contribution in [-0.2, 0) is 16.8 Å². The van der Waals surface area contributed by atoms with Crippen molar-refractivity contribution in [1.82, 2.24) is 0 Å². The third-order valence-electron chi connectivity index (χ3n) is 3.52. The fraction of sp³-hybridized carbons (Fsp3) is 0.316. The van der Waals surface area contributed by atoms with Crippen molar-refractivity contribution in [1.29, 1.82) is 0 Å². The number of amides is 1. The van der Waals surface area contributed by atoms with E-state index in [9.17, 15) is 4.79 Å². The lowest BCUT2D eigenvalue weighted by Crippen LogP contribution is -2.11. The van der Waals surface area contributed by atoms with Crippen molar-refractivity contribution in [2.24, 2.45) is 0 Å². The summed E-state index contributed by atoms with van der Waals surface area (Å²) in [6.45, 7) is 8.95. The SMILES string of the molecule is CC(=O)Nc1ccc(NCc2ccc(C(C)(C)C)cc2)cc1. The molecule has 0 atom stereocenters. The normalized spacial score (nSPS) is 11.1. The Morgan fingerprint density at radius 1 is 0.909 bits per heavy atom. The Morgan fingerprint density at radius 3 is 1.95 bits per heavy atom. The lowest BCUT2D eigenvalue weighted by atomic mass is 9.87. The van der Waals surface area contributed by atoms with Crippen LogP contribution in [0.1, 0.15) is 38.8 Å². The van der Waals surface area contributed by atoms with E-state index in [0.717, 1.165) is 17.9 Å². The Kier molecular flexibility index (Phi) is 4.86. The Morgan fingerprint density at radius 2 is 1.45 bits per heavy atom. The van der Waals surface area contributed by atoms with E-state index in [1.54, 1.807) is 0 Å². The van der Waals surface area contributed by atoms with E-state index in [-0.39, 0.29) is 11.3 Å². The summed E-state index contributed by atoms with van der Waals surface area (Å²) in [6, 6.07) is 16.4. The van der Waals surface area contributed by atoms with Crippen LogP contribution < -0.4 is 10.6 Å². The summed E-state index contributed by atoms with van der Waals surface area (Å²) in [4.78, 5) is 11.0. The molecule has 0 spiro atoms. The molecule has 0 bridgehead atoms. The van der Waals surface area contributed by atoms with E-state index in [1.165, 1.54) is 18.1 Å². The van der Waals surface area contributed by atoms with Gasteiger partial charge in [-0.1, -0.05) is 45.0 Å². The second-order valence-electron chi connectivity index (χ2n) is 6.56. The molecule has 3 heteroatoms. The molecular formula is C19H24N2O. The molecule has 0 aliphatic rings. The molecule has 0 saturated carbocycles. The van der Waals surface area contributed by atoms with Crippen molar-refractivity contribution in [3.8, 4) is 0 Å². The Labute approximate surface area is 132 Å². The molecule has 0 fully saturated rings. The average Bonchev–Trinajstić information content (AvgIpc) is 2.45. The van der Waals surface area contributed by atoms with Gasteiger partial charge >= 0.3 is 0 Å². The molecule has 0 aromatic heterocycles. The highest BCUT2D eigenvalue weighted by Crippen LogP contribution is 2.22. The van der Waals surface area contributed by atoms with Gasteiger partial charge in [-0.15, -0.1) is 0 Å². The van der Waals surface area contributed by atoms with Crippen LogP contribution in [0.3, 0.4) is 0 Å². The van der Waals surface area contributed by atoms with Gasteiger partial charge in [0.25, 0.3) is 0 Å². The van der Waals surface area contributed by atoms with Crippen LogP contribution >= 0.6 is 0 Å². The molecule has 2 N–H and O–H groups in total. The molecule has 0 aliphatic heterocycles. The Balaban J connectivity index is 1.94. The second-order valence-corrected chi connectivity index (χ2v) is 6.56. The summed E-state index contributed by atoms with van der Waals surface area (Å²) >= 11 is 0. The third-order valence-corrected chi connectivity index (χ3v) is 3.52. The number of benzene rings is 2. The summed E-state index contributed by atoms with van der Waals surface area (Å²) in [5.74, 6) is -0.0559. The first-order valence-corrected chi connectivity index (χ1v) is 7.55. The van der Waals surface area contributed by atoms with Gasteiger partial charge in [-0.05, 0) is 40.8 Å². The summed E-state index contributed by atoms with van der Waals surface area (Å²) < 4.78 is 0. The van der Waals surface area contributed by atoms with Crippen molar-refractivity contribution in [2.75, 3.05) is 10.6 Å². The minimum absolute atomic E-state index is 0.0559. The number of anilines is 2. The van der Waals surface area contributed by atoms with Crippen molar-refractivity contribution in [2.45, 2.75) is 39.7 Å². The second kappa shape index (κ2) is 6.65. The van der Waals surface area contributed by atoms with E-state index < -0.39 is 0 Å². The van der Waals surface area contributed by atoms with Crippen LogP contribution in [0.25, 0.3) is 0 Å². The van der Waals surface area contributed by atoms with Crippen LogP contribution in [0.2, 0.25) is 0 Å². The fourth-order valence-corrected chi connectivity index (χ4v) is 2.20. The van der Waals surface area contributed by atoms with Crippen molar-refractivity contribution in [3.05, 3.63) is 59.7 Å². The predicted octanol–water partition coefficient (Wildman–Crippen LogP) is 4.55. The molecule has 0 saturated heterocycles. The lowest BCUT2D eigenvalue weighted by Gasteiger charge is -2.19. The quantitative estimate of drug-likeness (QED) is 0.868. The van der Waals surface area contributed by atoms with E-state index in [4.69, 9.17) is 0 Å². The molecule has 22 heavy (non-hydrogen) atoms. The topological polar surface area (TPSA) is 41.1 Å². The summed E-state index contributed by atoms with van der Waals surface area (Å²) in [6.07, 6.45) is 0. The van der Waals surface area contributed by atoms with Gasteiger partial charge in [0, 0.05) is 24.8 Å². The lowest BCUT2D eigenvalue weighted by molar-refractivity contribution is -0.114. The first-order chi connectivity index (χ1) is 10.3. The molecule has 1 amide bonds. The summed E-state index contributed by atoms with van der Waals surface area (Å²) in [5, 5.41) is 6.15. The molecule has 0 aliphatic carbocycles. The number of carbonyl (C=O) groups is 1. The minimum atomic E-state index is -0.0559. The van der Waals surface area contributed by atoms with Crippen LogP contribution in [0.4, 0.5) is 11.4 Å². The summed E-state index contributed by atoms with van der Waals surface area (Å²) in [7, 11) is 0. The smallest absolute Gasteiger partial charge is 0.221 e. The largest absolute Gasteiger partial charge is 0.381 e. The van der Waals surface area contributed by atoms with E-state index >= 15 is 0 Å². The molecule has 2 aromatic rings. The Bertz CT molecular complexity index is 622. The highest BCUT2D eigenvalue weighted by atomic mass is 16.1. The number of hydrogen-bond acceptors (Lipinski definition) is 2. The van der Waals surface area contributed by atoms with E-state index in [2.05, 4.69) is 55.7 Å². The number of hydrogen-bond donors (Lipinski definition) is 2. The maximum absolute atomic E-state index is 11.0. The molecule has 0 unspecified atom stereocenters. The number of carbonyl (C=O) groups excluding carboxylic acids is 1. The monoisotopic (exact) mass is 296 g/mol. The van der Waals surface area contributed by atoms with Crippen molar-refractivity contribution < 1.29 is 4.79 Å². The van der Waals surface area contributed by atoms with Crippen LogP contribution in [-0.4, -0.2) is 5.91 Å². The van der Waals surface area contributed by atoms with Gasteiger partial charge in [0.15, 0.2) is 0 Å². The van der Waals surface area contributed by atoms with Crippen LogP contribution in [0.5, 0.6) is 0 Å². The van der Waals surface area contributed by atoms with Gasteiger partial charge in [-0.2, -0.15) is 0 Å². The van der Waals surface area contributed by atoms with E-state index in [0.29, 0.717) is 0 Å². The number of nitrogens with one attached hydrogen (secondary N) is 2. The molecule has 0 radical (unpaired) electrons. The van der Waals surface area contributed by atoms with Gasteiger partial charge in [0.2, 0.25) is 5.91 Å². The van der Waals surface area contributed by atoms with Gasteiger partial charge < -0.3 is 10.6 Å². The molecular weight excluding hydrogens is 272 g/mol. The predicted molar refractivity (Wildman–Crippen MR) is 93.2 cm³/mol. The molecule has 2 rings (SSSR count). The Hall–Kier alpha value is -2.29. The highest BCUT2D eigenvalue weighted by molar-refractivity contribution is 5.88. The first-order valence-electron chi connectivity index (χ1n) is 7.55. The zero-order valence-corrected chi connectivity index (χ0v) is 13.7. The van der Waals surface area contributed by atoms with Crippen molar-refractivity contribution in [3.63, 3.8) is 0 Å². The highest BCUT2D eigenvalue weighted by Gasteiger charge is 2.12. The van der Waals surface area contributed by atoms with Gasteiger partial charge in [0.1, 0.15) is 0 Å². The van der Waals surface area contributed by atoms with Crippen molar-refractivity contribution >= 4 is 17.3 Å². The molecule has 2 aromatic carbocycles. The van der Waals surface area contributed by atoms with Gasteiger partial charge in [-0.3, -0.25) is 4.79 Å². The zero-order valence-electron chi connectivity index (χ0n) is 13.7. The average molecular weight is 296 g/mol. The molecule has 3 nitrogen and oxygen atoms in total. The van der Waals surface area contributed by atoms with E-state index in [1.807, 2.05) is 24.3 Å². The third kappa shape index (κ3) is 4.62. The van der Waals surface area contributed by atoms with Crippen LogP contribution in [0.15, 0.2) is 48.5 Å². The van der Waals surface area contributed by atoms with Crippen LogP contribution in [0, 0.1) is 0 Å². The summed E-state index contributed by atoms with van der Waals surface area (Å²) in [5.41, 5.74) is 4.63. The maximum atomic E-state index is 11.0. The number of rotatable bonds is 4. The maximum Gasteiger partial charge on any atom is 0.221 e. The molecule has 116 valence electrons. The first kappa shape index (κ1) is 16.1. The zero-order chi connectivity index (χ0) is 16.2. The van der Waals surface area contributed by atoms with Gasteiger partial charge in [0.05, 0.1) is 0 Å². The standard InChI is InChI=1S/C19H24N2O/c1-14(22)21-18-11-9-17(10-12-18)20-13-15-5-7-16(8-6-15)19(2,3)4/h5-12,20H,13H2,1-4H3,(H,21,22). The fourth-order valence-electron chi connectivity index (χ4n) is 2.20.